The van der Waals surface area contributed by atoms with Crippen molar-refractivity contribution in [2.45, 2.75) is 27.2 Å². The minimum atomic E-state index is -0.556. The van der Waals surface area contributed by atoms with Crippen molar-refractivity contribution in [1.82, 2.24) is 4.90 Å². The Morgan fingerprint density at radius 2 is 1.68 bits per heavy atom. The molecule has 212 valence electrons. The first kappa shape index (κ1) is 29.4. The SMILES string of the molecule is CCc1ccc(NC(=O)COc2ccc(/C=C3\SC(=O)N(CC(=O)Nc4cc(C)ccc4C)C3=O)cc2OC)cc1. The third-order valence-corrected chi connectivity index (χ3v) is 7.24. The van der Waals surface area contributed by atoms with Gasteiger partial charge in [0.05, 0.1) is 12.0 Å². The lowest BCUT2D eigenvalue weighted by Crippen LogP contribution is -2.36. The molecule has 9 nitrogen and oxygen atoms in total. The van der Waals surface area contributed by atoms with Crippen molar-refractivity contribution in [2.75, 3.05) is 30.9 Å². The van der Waals surface area contributed by atoms with Crippen LogP contribution in [0.1, 0.15) is 29.2 Å². The summed E-state index contributed by atoms with van der Waals surface area (Å²) in [7, 11) is 1.46. The number of carbonyl (C=O) groups excluding carboxylic acids is 4. The Morgan fingerprint density at radius 1 is 0.927 bits per heavy atom. The van der Waals surface area contributed by atoms with Crippen LogP contribution >= 0.6 is 11.8 Å². The van der Waals surface area contributed by atoms with E-state index in [0.717, 1.165) is 34.2 Å². The van der Waals surface area contributed by atoms with Crippen LogP contribution < -0.4 is 20.1 Å². The summed E-state index contributed by atoms with van der Waals surface area (Å²) in [6, 6.07) is 18.2. The number of ether oxygens (including phenoxy) is 2. The molecule has 1 fully saturated rings. The number of anilines is 2. The molecule has 0 aliphatic carbocycles. The summed E-state index contributed by atoms with van der Waals surface area (Å²) in [5, 5.41) is 5.03. The van der Waals surface area contributed by atoms with Crippen LogP contribution in [0.5, 0.6) is 11.5 Å². The van der Waals surface area contributed by atoms with Crippen LogP contribution in [0.25, 0.3) is 6.08 Å². The summed E-state index contributed by atoms with van der Waals surface area (Å²) < 4.78 is 11.1. The molecule has 1 saturated heterocycles. The lowest BCUT2D eigenvalue weighted by molar-refractivity contribution is -0.127. The minimum absolute atomic E-state index is 0.179. The number of rotatable bonds is 10. The van der Waals surface area contributed by atoms with E-state index in [9.17, 15) is 19.2 Å². The second-order valence-electron chi connectivity index (χ2n) is 9.43. The first-order valence-corrected chi connectivity index (χ1v) is 13.8. The second-order valence-corrected chi connectivity index (χ2v) is 10.4. The van der Waals surface area contributed by atoms with Gasteiger partial charge in [-0.25, -0.2) is 0 Å². The highest BCUT2D eigenvalue weighted by Gasteiger charge is 2.36. The first-order chi connectivity index (χ1) is 19.7. The first-order valence-electron chi connectivity index (χ1n) is 13.0. The number of hydrogen-bond acceptors (Lipinski definition) is 7. The van der Waals surface area contributed by atoms with Gasteiger partial charge in [0.25, 0.3) is 17.1 Å². The summed E-state index contributed by atoms with van der Waals surface area (Å²) in [6.45, 7) is 5.22. The predicted molar refractivity (Wildman–Crippen MR) is 160 cm³/mol. The quantitative estimate of drug-likeness (QED) is 0.305. The van der Waals surface area contributed by atoms with Crippen molar-refractivity contribution < 1.29 is 28.7 Å². The molecular weight excluding hydrogens is 542 g/mol. The van der Waals surface area contributed by atoms with Crippen molar-refractivity contribution in [1.29, 1.82) is 0 Å². The summed E-state index contributed by atoms with van der Waals surface area (Å²) >= 11 is 0.759. The van der Waals surface area contributed by atoms with E-state index < -0.39 is 23.6 Å². The van der Waals surface area contributed by atoms with Gasteiger partial charge in [0.2, 0.25) is 5.91 Å². The molecule has 0 spiro atoms. The van der Waals surface area contributed by atoms with Gasteiger partial charge in [-0.1, -0.05) is 37.3 Å². The van der Waals surface area contributed by atoms with E-state index in [-0.39, 0.29) is 17.4 Å². The number of aryl methyl sites for hydroxylation is 3. The van der Waals surface area contributed by atoms with Crippen molar-refractivity contribution in [3.63, 3.8) is 0 Å². The smallest absolute Gasteiger partial charge is 0.294 e. The van der Waals surface area contributed by atoms with Crippen LogP contribution in [-0.2, 0) is 20.8 Å². The fraction of sp³-hybridized carbons (Fsp3) is 0.226. The highest BCUT2D eigenvalue weighted by Crippen LogP contribution is 2.34. The number of nitrogens with zero attached hydrogens (tertiary/aromatic N) is 1. The van der Waals surface area contributed by atoms with E-state index in [1.54, 1.807) is 24.3 Å². The van der Waals surface area contributed by atoms with Crippen molar-refractivity contribution in [2.24, 2.45) is 0 Å². The third-order valence-electron chi connectivity index (χ3n) is 6.33. The fourth-order valence-corrected chi connectivity index (χ4v) is 4.89. The standard InChI is InChI=1S/C31H31N3O6S/c1-5-21-8-11-23(12-9-21)32-29(36)18-40-25-13-10-22(15-26(25)39-4)16-27-30(37)34(31(38)41-27)17-28(35)33-24-14-19(2)6-7-20(24)3/h6-16H,5,17-18H2,1-4H3,(H,32,36)(H,33,35)/b27-16-. The molecule has 0 unspecified atom stereocenters. The zero-order valence-electron chi connectivity index (χ0n) is 23.3. The molecule has 1 aliphatic rings. The van der Waals surface area contributed by atoms with E-state index in [1.165, 1.54) is 12.7 Å². The van der Waals surface area contributed by atoms with Gasteiger partial charge in [0.1, 0.15) is 6.54 Å². The molecular formula is C31H31N3O6S. The van der Waals surface area contributed by atoms with Gasteiger partial charge in [-0.15, -0.1) is 0 Å². The van der Waals surface area contributed by atoms with Gasteiger partial charge in [-0.05, 0) is 90.7 Å². The van der Waals surface area contributed by atoms with Gasteiger partial charge in [0, 0.05) is 11.4 Å². The van der Waals surface area contributed by atoms with Crippen molar-refractivity contribution in [3.8, 4) is 11.5 Å². The monoisotopic (exact) mass is 573 g/mol. The predicted octanol–water partition coefficient (Wildman–Crippen LogP) is 5.57. The molecule has 1 heterocycles. The second kappa shape index (κ2) is 13.2. The molecule has 0 atom stereocenters. The minimum Gasteiger partial charge on any atom is -0.493 e. The molecule has 3 aromatic rings. The number of imide groups is 1. The van der Waals surface area contributed by atoms with E-state index in [1.807, 2.05) is 56.3 Å². The van der Waals surface area contributed by atoms with Gasteiger partial charge in [-0.3, -0.25) is 24.1 Å². The molecule has 4 amide bonds. The molecule has 41 heavy (non-hydrogen) atoms. The number of carbonyl (C=O) groups is 4. The van der Waals surface area contributed by atoms with Crippen LogP contribution in [0.3, 0.4) is 0 Å². The maximum atomic E-state index is 12.9. The van der Waals surface area contributed by atoms with Crippen LogP contribution in [0.4, 0.5) is 16.2 Å². The molecule has 2 N–H and O–H groups in total. The van der Waals surface area contributed by atoms with Crippen LogP contribution in [0.2, 0.25) is 0 Å². The lowest BCUT2D eigenvalue weighted by Gasteiger charge is -2.14. The van der Waals surface area contributed by atoms with Crippen LogP contribution in [0.15, 0.2) is 65.6 Å². The number of hydrogen-bond donors (Lipinski definition) is 2. The van der Waals surface area contributed by atoms with Gasteiger partial charge < -0.3 is 20.1 Å². The van der Waals surface area contributed by atoms with E-state index in [0.29, 0.717) is 28.4 Å². The number of amides is 4. The topological polar surface area (TPSA) is 114 Å². The number of benzene rings is 3. The lowest BCUT2D eigenvalue weighted by atomic mass is 10.1. The Labute approximate surface area is 242 Å². The molecule has 0 radical (unpaired) electrons. The maximum absolute atomic E-state index is 12.9. The van der Waals surface area contributed by atoms with Crippen LogP contribution in [0, 0.1) is 13.8 Å². The maximum Gasteiger partial charge on any atom is 0.294 e. The van der Waals surface area contributed by atoms with Gasteiger partial charge >= 0.3 is 0 Å². The number of methoxy groups -OCH3 is 1. The van der Waals surface area contributed by atoms with Crippen LogP contribution in [-0.4, -0.2) is 48.1 Å². The Morgan fingerprint density at radius 3 is 2.39 bits per heavy atom. The Kier molecular flexibility index (Phi) is 9.46. The molecule has 10 heteroatoms. The largest absolute Gasteiger partial charge is 0.493 e. The number of nitrogens with one attached hydrogen (secondary N) is 2. The Balaban J connectivity index is 1.37. The Bertz CT molecular complexity index is 1520. The normalized spacial score (nSPS) is 13.9. The Hall–Kier alpha value is -4.57. The molecule has 0 saturated carbocycles. The molecule has 3 aromatic carbocycles. The summed E-state index contributed by atoms with van der Waals surface area (Å²) in [5.41, 5.74) is 4.92. The number of thioether (sulfide) groups is 1. The van der Waals surface area contributed by atoms with E-state index in [4.69, 9.17) is 9.47 Å². The average Bonchev–Trinajstić information content (AvgIpc) is 3.21. The van der Waals surface area contributed by atoms with E-state index in [2.05, 4.69) is 17.6 Å². The van der Waals surface area contributed by atoms with Gasteiger partial charge in [0.15, 0.2) is 18.1 Å². The molecule has 4 rings (SSSR count). The molecule has 0 bridgehead atoms. The summed E-state index contributed by atoms with van der Waals surface area (Å²) in [4.78, 5) is 51.5. The van der Waals surface area contributed by atoms with Gasteiger partial charge in [-0.2, -0.15) is 0 Å². The zero-order chi connectivity index (χ0) is 29.5. The molecule has 0 aromatic heterocycles. The highest BCUT2D eigenvalue weighted by molar-refractivity contribution is 8.18. The highest BCUT2D eigenvalue weighted by atomic mass is 32.2. The summed E-state index contributed by atoms with van der Waals surface area (Å²) in [6.07, 6.45) is 2.46. The van der Waals surface area contributed by atoms with Crippen molar-refractivity contribution in [3.05, 3.63) is 87.8 Å². The fourth-order valence-electron chi connectivity index (χ4n) is 4.05. The third kappa shape index (κ3) is 7.55. The summed E-state index contributed by atoms with van der Waals surface area (Å²) in [5.74, 6) is -0.648. The zero-order valence-corrected chi connectivity index (χ0v) is 24.1. The van der Waals surface area contributed by atoms with Crippen molar-refractivity contribution >= 4 is 52.2 Å². The van der Waals surface area contributed by atoms with E-state index >= 15 is 0 Å². The average molecular weight is 574 g/mol. The molecule has 1 aliphatic heterocycles.